The van der Waals surface area contributed by atoms with E-state index in [0.29, 0.717) is 19.6 Å². The molecule has 0 unspecified atom stereocenters. The molecule has 0 bridgehead atoms. The van der Waals surface area contributed by atoms with Crippen LogP contribution in [-0.4, -0.2) is 42.5 Å². The molecule has 0 saturated carbocycles. The van der Waals surface area contributed by atoms with E-state index in [2.05, 4.69) is 10.6 Å². The van der Waals surface area contributed by atoms with E-state index >= 15 is 0 Å². The van der Waals surface area contributed by atoms with E-state index < -0.39 is 0 Å². The molecule has 5 nitrogen and oxygen atoms in total. The van der Waals surface area contributed by atoms with Crippen molar-refractivity contribution in [1.82, 2.24) is 15.5 Å². The summed E-state index contributed by atoms with van der Waals surface area (Å²) < 4.78 is 0. The van der Waals surface area contributed by atoms with Gasteiger partial charge in [-0.05, 0) is 31.9 Å². The van der Waals surface area contributed by atoms with Gasteiger partial charge in [0.2, 0.25) is 0 Å². The molecule has 0 atom stereocenters. The molecule has 1 aromatic carbocycles. The van der Waals surface area contributed by atoms with E-state index in [1.165, 1.54) is 0 Å². The third kappa shape index (κ3) is 3.73. The molecule has 1 heterocycles. The molecule has 2 N–H and O–H groups in total. The van der Waals surface area contributed by atoms with E-state index in [0.717, 1.165) is 18.4 Å². The molecule has 108 valence electrons. The van der Waals surface area contributed by atoms with Gasteiger partial charge in [0.15, 0.2) is 0 Å². The maximum Gasteiger partial charge on any atom is 0.314 e. The lowest BCUT2D eigenvalue weighted by atomic mass is 10.0. The van der Waals surface area contributed by atoms with Gasteiger partial charge in [-0.1, -0.05) is 18.2 Å². The Morgan fingerprint density at radius 2 is 1.85 bits per heavy atom. The van der Waals surface area contributed by atoms with Crippen LogP contribution >= 0.6 is 0 Å². The Kier molecular flexibility index (Phi) is 4.98. The van der Waals surface area contributed by atoms with Crippen molar-refractivity contribution in [2.75, 3.05) is 19.6 Å². The molecule has 1 aliphatic heterocycles. The minimum atomic E-state index is -0.125. The maximum atomic E-state index is 12.3. The zero-order valence-corrected chi connectivity index (χ0v) is 11.8. The Hall–Kier alpha value is -2.04. The lowest BCUT2D eigenvalue weighted by Crippen LogP contribution is -2.49. The SMILES string of the molecule is CCNC(=O)NC1CCN(C(=O)c2ccccc2)CC1. The molecule has 1 aliphatic rings. The van der Waals surface area contributed by atoms with E-state index in [4.69, 9.17) is 0 Å². The number of rotatable bonds is 3. The number of likely N-dealkylation sites (tertiary alicyclic amines) is 1. The van der Waals surface area contributed by atoms with Crippen LogP contribution in [0.25, 0.3) is 0 Å². The predicted octanol–water partition coefficient (Wildman–Crippen LogP) is 1.61. The summed E-state index contributed by atoms with van der Waals surface area (Å²) in [4.78, 5) is 25.6. The molecule has 1 fully saturated rings. The molecule has 0 spiro atoms. The molecule has 2 rings (SSSR count). The lowest BCUT2D eigenvalue weighted by Gasteiger charge is -2.32. The van der Waals surface area contributed by atoms with Crippen molar-refractivity contribution in [3.05, 3.63) is 35.9 Å². The topological polar surface area (TPSA) is 61.4 Å². The first kappa shape index (κ1) is 14.4. The normalized spacial score (nSPS) is 15.8. The molecular formula is C15H21N3O2. The zero-order chi connectivity index (χ0) is 14.4. The number of carbonyl (C=O) groups is 2. The first-order chi connectivity index (χ1) is 9.70. The molecule has 1 aromatic rings. The second-order valence-corrected chi connectivity index (χ2v) is 4.94. The zero-order valence-electron chi connectivity index (χ0n) is 11.8. The van der Waals surface area contributed by atoms with Crippen molar-refractivity contribution < 1.29 is 9.59 Å². The van der Waals surface area contributed by atoms with Gasteiger partial charge in [0.1, 0.15) is 0 Å². The van der Waals surface area contributed by atoms with Crippen molar-refractivity contribution >= 4 is 11.9 Å². The van der Waals surface area contributed by atoms with Crippen molar-refractivity contribution in [2.45, 2.75) is 25.8 Å². The summed E-state index contributed by atoms with van der Waals surface area (Å²) in [6.45, 7) is 3.88. The minimum Gasteiger partial charge on any atom is -0.338 e. The minimum absolute atomic E-state index is 0.0714. The molecule has 0 aromatic heterocycles. The van der Waals surface area contributed by atoms with Crippen LogP contribution in [0.4, 0.5) is 4.79 Å². The summed E-state index contributed by atoms with van der Waals surface area (Å²) >= 11 is 0. The van der Waals surface area contributed by atoms with Crippen LogP contribution in [0.1, 0.15) is 30.1 Å². The summed E-state index contributed by atoms with van der Waals surface area (Å²) in [5.41, 5.74) is 0.725. The van der Waals surface area contributed by atoms with Crippen LogP contribution in [0.5, 0.6) is 0 Å². The Labute approximate surface area is 119 Å². The van der Waals surface area contributed by atoms with Crippen molar-refractivity contribution in [3.63, 3.8) is 0 Å². The van der Waals surface area contributed by atoms with E-state index in [9.17, 15) is 9.59 Å². The molecule has 0 radical (unpaired) electrons. The summed E-state index contributed by atoms with van der Waals surface area (Å²) in [7, 11) is 0. The number of benzene rings is 1. The van der Waals surface area contributed by atoms with Gasteiger partial charge >= 0.3 is 6.03 Å². The highest BCUT2D eigenvalue weighted by molar-refractivity contribution is 5.94. The van der Waals surface area contributed by atoms with Crippen molar-refractivity contribution in [3.8, 4) is 0 Å². The van der Waals surface area contributed by atoms with Crippen LogP contribution < -0.4 is 10.6 Å². The van der Waals surface area contributed by atoms with Crippen molar-refractivity contribution in [1.29, 1.82) is 0 Å². The van der Waals surface area contributed by atoms with Crippen LogP contribution in [-0.2, 0) is 0 Å². The fraction of sp³-hybridized carbons (Fsp3) is 0.467. The fourth-order valence-electron chi connectivity index (χ4n) is 2.39. The molecule has 5 heteroatoms. The van der Waals surface area contributed by atoms with Gasteiger partial charge in [0, 0.05) is 31.2 Å². The molecule has 3 amide bonds. The molecule has 0 aliphatic carbocycles. The largest absolute Gasteiger partial charge is 0.338 e. The fourth-order valence-corrected chi connectivity index (χ4v) is 2.39. The Bertz CT molecular complexity index is 453. The number of nitrogens with one attached hydrogen (secondary N) is 2. The first-order valence-corrected chi connectivity index (χ1v) is 7.09. The lowest BCUT2D eigenvalue weighted by molar-refractivity contribution is 0.0708. The van der Waals surface area contributed by atoms with Gasteiger partial charge in [0.25, 0.3) is 5.91 Å². The molecule has 20 heavy (non-hydrogen) atoms. The van der Waals surface area contributed by atoms with Gasteiger partial charge < -0.3 is 15.5 Å². The second-order valence-electron chi connectivity index (χ2n) is 4.94. The smallest absolute Gasteiger partial charge is 0.314 e. The second kappa shape index (κ2) is 6.93. The highest BCUT2D eigenvalue weighted by atomic mass is 16.2. The number of hydrogen-bond donors (Lipinski definition) is 2. The summed E-state index contributed by atoms with van der Waals surface area (Å²) in [6, 6.07) is 9.34. The van der Waals surface area contributed by atoms with Crippen LogP contribution in [0.3, 0.4) is 0 Å². The summed E-state index contributed by atoms with van der Waals surface area (Å²) in [6.07, 6.45) is 1.60. The Morgan fingerprint density at radius 1 is 1.20 bits per heavy atom. The first-order valence-electron chi connectivity index (χ1n) is 7.09. The number of piperidine rings is 1. The van der Waals surface area contributed by atoms with Crippen molar-refractivity contribution in [2.24, 2.45) is 0 Å². The van der Waals surface area contributed by atoms with Gasteiger partial charge in [0.05, 0.1) is 0 Å². The number of carbonyl (C=O) groups excluding carboxylic acids is 2. The van der Waals surface area contributed by atoms with Gasteiger partial charge in [-0.25, -0.2) is 4.79 Å². The Morgan fingerprint density at radius 3 is 2.45 bits per heavy atom. The molecule has 1 saturated heterocycles. The predicted molar refractivity (Wildman–Crippen MR) is 77.6 cm³/mol. The number of hydrogen-bond acceptors (Lipinski definition) is 2. The van der Waals surface area contributed by atoms with E-state index in [-0.39, 0.29) is 18.0 Å². The third-order valence-corrected chi connectivity index (χ3v) is 3.48. The van der Waals surface area contributed by atoms with Gasteiger partial charge in [-0.15, -0.1) is 0 Å². The highest BCUT2D eigenvalue weighted by Crippen LogP contribution is 2.13. The molecular weight excluding hydrogens is 254 g/mol. The van der Waals surface area contributed by atoms with Crippen LogP contribution in [0, 0.1) is 0 Å². The number of urea groups is 1. The van der Waals surface area contributed by atoms with Gasteiger partial charge in [-0.2, -0.15) is 0 Å². The summed E-state index contributed by atoms with van der Waals surface area (Å²) in [5.74, 6) is 0.0714. The average Bonchev–Trinajstić information content (AvgIpc) is 2.48. The average molecular weight is 275 g/mol. The summed E-state index contributed by atoms with van der Waals surface area (Å²) in [5, 5.41) is 5.65. The monoisotopic (exact) mass is 275 g/mol. The Balaban J connectivity index is 1.82. The maximum absolute atomic E-state index is 12.3. The number of nitrogens with zero attached hydrogens (tertiary/aromatic N) is 1. The van der Waals surface area contributed by atoms with Gasteiger partial charge in [-0.3, -0.25) is 4.79 Å². The van der Waals surface area contributed by atoms with E-state index in [1.54, 1.807) is 0 Å². The number of amides is 3. The highest BCUT2D eigenvalue weighted by Gasteiger charge is 2.24. The standard InChI is InChI=1S/C15H21N3O2/c1-2-16-15(20)17-13-8-10-18(11-9-13)14(19)12-6-4-3-5-7-12/h3-7,13H,2,8-11H2,1H3,(H2,16,17,20). The van der Waals surface area contributed by atoms with E-state index in [1.807, 2.05) is 42.2 Å². The van der Waals surface area contributed by atoms with Crippen LogP contribution in [0.15, 0.2) is 30.3 Å². The quantitative estimate of drug-likeness (QED) is 0.880. The third-order valence-electron chi connectivity index (χ3n) is 3.48. The van der Waals surface area contributed by atoms with Crippen LogP contribution in [0.2, 0.25) is 0 Å².